The van der Waals surface area contributed by atoms with Gasteiger partial charge in [-0.15, -0.1) is 0 Å². The number of aryl methyl sites for hydroxylation is 2. The molecule has 2 nitrogen and oxygen atoms in total. The van der Waals surface area contributed by atoms with E-state index in [0.29, 0.717) is 18.0 Å². The van der Waals surface area contributed by atoms with E-state index in [1.165, 1.54) is 12.8 Å². The van der Waals surface area contributed by atoms with Crippen molar-refractivity contribution >= 4 is 5.78 Å². The summed E-state index contributed by atoms with van der Waals surface area (Å²) in [5, 5.41) is 0. The van der Waals surface area contributed by atoms with Gasteiger partial charge in [-0.1, -0.05) is 6.07 Å². The van der Waals surface area contributed by atoms with Crippen LogP contribution in [-0.2, 0) is 0 Å². The summed E-state index contributed by atoms with van der Waals surface area (Å²) in [5.74, 6) is 0.856. The molecule has 1 aromatic rings. The number of hydrogen-bond donors (Lipinski definition) is 0. The summed E-state index contributed by atoms with van der Waals surface area (Å²) in [4.78, 5) is 16.0. The van der Waals surface area contributed by atoms with Crippen LogP contribution in [0.15, 0.2) is 12.3 Å². The Balaban J connectivity index is 2.17. The van der Waals surface area contributed by atoms with Crippen LogP contribution in [0.1, 0.15) is 40.9 Å². The SMILES string of the molecule is Cc1cnc(C(=O)CC2CC2)c(C)c1. The van der Waals surface area contributed by atoms with E-state index in [1.54, 1.807) is 6.20 Å². The van der Waals surface area contributed by atoms with E-state index < -0.39 is 0 Å². The molecule has 14 heavy (non-hydrogen) atoms. The van der Waals surface area contributed by atoms with Crippen LogP contribution in [0, 0.1) is 19.8 Å². The molecule has 1 fully saturated rings. The number of rotatable bonds is 3. The molecule has 1 aliphatic rings. The summed E-state index contributed by atoms with van der Waals surface area (Å²) < 4.78 is 0. The minimum Gasteiger partial charge on any atom is -0.292 e. The molecular formula is C12H15NO. The molecule has 0 aromatic carbocycles. The van der Waals surface area contributed by atoms with Gasteiger partial charge in [0.25, 0.3) is 0 Å². The predicted molar refractivity (Wildman–Crippen MR) is 55.4 cm³/mol. The zero-order valence-corrected chi connectivity index (χ0v) is 8.71. The molecule has 0 spiro atoms. The molecule has 1 aliphatic carbocycles. The number of Topliss-reactive ketones (excluding diaryl/α,β-unsaturated/α-hetero) is 1. The monoisotopic (exact) mass is 189 g/mol. The van der Waals surface area contributed by atoms with Gasteiger partial charge in [0.1, 0.15) is 5.69 Å². The lowest BCUT2D eigenvalue weighted by Gasteiger charge is -2.03. The fourth-order valence-corrected chi connectivity index (χ4v) is 1.69. The van der Waals surface area contributed by atoms with Gasteiger partial charge in [-0.2, -0.15) is 0 Å². The van der Waals surface area contributed by atoms with Crippen molar-refractivity contribution in [2.24, 2.45) is 5.92 Å². The summed E-state index contributed by atoms with van der Waals surface area (Å²) in [6.45, 7) is 3.95. The molecule has 0 radical (unpaired) electrons. The highest BCUT2D eigenvalue weighted by Crippen LogP contribution is 2.33. The van der Waals surface area contributed by atoms with Crippen molar-refractivity contribution in [3.05, 3.63) is 29.1 Å². The zero-order chi connectivity index (χ0) is 10.1. The van der Waals surface area contributed by atoms with Crippen molar-refractivity contribution in [3.63, 3.8) is 0 Å². The third-order valence-corrected chi connectivity index (χ3v) is 2.65. The lowest BCUT2D eigenvalue weighted by Crippen LogP contribution is -2.05. The van der Waals surface area contributed by atoms with Gasteiger partial charge in [0.15, 0.2) is 5.78 Å². The Kier molecular flexibility index (Phi) is 2.36. The van der Waals surface area contributed by atoms with Crippen LogP contribution in [0.2, 0.25) is 0 Å². The average molecular weight is 189 g/mol. The van der Waals surface area contributed by atoms with Crippen molar-refractivity contribution in [3.8, 4) is 0 Å². The number of nitrogens with zero attached hydrogens (tertiary/aromatic N) is 1. The van der Waals surface area contributed by atoms with Gasteiger partial charge >= 0.3 is 0 Å². The van der Waals surface area contributed by atoms with Crippen LogP contribution in [-0.4, -0.2) is 10.8 Å². The van der Waals surface area contributed by atoms with Crippen LogP contribution < -0.4 is 0 Å². The number of carbonyl (C=O) groups excluding carboxylic acids is 1. The Morgan fingerprint density at radius 1 is 1.50 bits per heavy atom. The van der Waals surface area contributed by atoms with E-state index in [9.17, 15) is 4.79 Å². The molecule has 0 saturated heterocycles. The number of hydrogen-bond acceptors (Lipinski definition) is 2. The summed E-state index contributed by atoms with van der Waals surface area (Å²) in [7, 11) is 0. The third-order valence-electron chi connectivity index (χ3n) is 2.65. The summed E-state index contributed by atoms with van der Waals surface area (Å²) >= 11 is 0. The first-order valence-corrected chi connectivity index (χ1v) is 5.13. The molecule has 0 bridgehead atoms. The maximum Gasteiger partial charge on any atom is 0.181 e. The van der Waals surface area contributed by atoms with Crippen molar-refractivity contribution < 1.29 is 4.79 Å². The van der Waals surface area contributed by atoms with Gasteiger partial charge in [-0.05, 0) is 43.7 Å². The van der Waals surface area contributed by atoms with Crippen LogP contribution in [0.25, 0.3) is 0 Å². The Morgan fingerprint density at radius 3 is 2.79 bits per heavy atom. The van der Waals surface area contributed by atoms with Crippen molar-refractivity contribution in [2.45, 2.75) is 33.1 Å². The predicted octanol–water partition coefficient (Wildman–Crippen LogP) is 2.68. The van der Waals surface area contributed by atoms with Gasteiger partial charge in [0.05, 0.1) is 0 Å². The maximum absolute atomic E-state index is 11.8. The largest absolute Gasteiger partial charge is 0.292 e. The molecule has 0 N–H and O–H groups in total. The number of ketones is 1. The number of aromatic nitrogens is 1. The molecule has 2 heteroatoms. The number of pyridine rings is 1. The molecule has 0 aliphatic heterocycles. The third kappa shape index (κ3) is 2.00. The van der Waals surface area contributed by atoms with Crippen molar-refractivity contribution in [2.75, 3.05) is 0 Å². The van der Waals surface area contributed by atoms with E-state index in [-0.39, 0.29) is 5.78 Å². The lowest BCUT2D eigenvalue weighted by atomic mass is 10.1. The highest BCUT2D eigenvalue weighted by Gasteiger charge is 2.25. The average Bonchev–Trinajstić information content (AvgIpc) is 2.87. The number of carbonyl (C=O) groups is 1. The highest BCUT2D eigenvalue weighted by molar-refractivity contribution is 5.95. The molecule has 1 aromatic heterocycles. The first-order valence-electron chi connectivity index (χ1n) is 5.13. The Bertz CT molecular complexity index is 367. The van der Waals surface area contributed by atoms with Crippen LogP contribution in [0.4, 0.5) is 0 Å². The van der Waals surface area contributed by atoms with Crippen LogP contribution in [0.3, 0.4) is 0 Å². The minimum absolute atomic E-state index is 0.213. The lowest BCUT2D eigenvalue weighted by molar-refractivity contribution is 0.0970. The Morgan fingerprint density at radius 2 is 2.21 bits per heavy atom. The summed E-state index contributed by atoms with van der Waals surface area (Å²) in [6.07, 6.45) is 4.90. The molecular weight excluding hydrogens is 174 g/mol. The van der Waals surface area contributed by atoms with Gasteiger partial charge in [-0.3, -0.25) is 9.78 Å². The first kappa shape index (κ1) is 9.38. The van der Waals surface area contributed by atoms with E-state index in [0.717, 1.165) is 11.1 Å². The fourth-order valence-electron chi connectivity index (χ4n) is 1.69. The molecule has 0 amide bonds. The zero-order valence-electron chi connectivity index (χ0n) is 8.71. The molecule has 0 unspecified atom stereocenters. The standard InChI is InChI=1S/C12H15NO/c1-8-5-9(2)12(13-7-8)11(14)6-10-3-4-10/h5,7,10H,3-4,6H2,1-2H3. The molecule has 1 saturated carbocycles. The van der Waals surface area contributed by atoms with Crippen LogP contribution in [0.5, 0.6) is 0 Å². The second-order valence-electron chi connectivity index (χ2n) is 4.25. The fraction of sp³-hybridized carbons (Fsp3) is 0.500. The minimum atomic E-state index is 0.213. The second kappa shape index (κ2) is 3.52. The molecule has 1 heterocycles. The van der Waals surface area contributed by atoms with E-state index in [2.05, 4.69) is 4.98 Å². The molecule has 0 atom stereocenters. The van der Waals surface area contributed by atoms with Gasteiger partial charge in [0.2, 0.25) is 0 Å². The van der Waals surface area contributed by atoms with Gasteiger partial charge in [-0.25, -0.2) is 0 Å². The molecule has 74 valence electrons. The smallest absolute Gasteiger partial charge is 0.181 e. The topological polar surface area (TPSA) is 30.0 Å². The van der Waals surface area contributed by atoms with Gasteiger partial charge in [0, 0.05) is 12.6 Å². The molecule has 2 rings (SSSR count). The quantitative estimate of drug-likeness (QED) is 0.684. The summed E-state index contributed by atoms with van der Waals surface area (Å²) in [5.41, 5.74) is 2.80. The van der Waals surface area contributed by atoms with Crippen molar-refractivity contribution in [1.82, 2.24) is 4.98 Å². The first-order chi connectivity index (χ1) is 6.66. The highest BCUT2D eigenvalue weighted by atomic mass is 16.1. The van der Waals surface area contributed by atoms with Crippen molar-refractivity contribution in [1.29, 1.82) is 0 Å². The van der Waals surface area contributed by atoms with Crippen LogP contribution >= 0.6 is 0 Å². The summed E-state index contributed by atoms with van der Waals surface area (Å²) in [6, 6.07) is 2.02. The maximum atomic E-state index is 11.8. The Hall–Kier alpha value is -1.18. The Labute approximate surface area is 84.4 Å². The van der Waals surface area contributed by atoms with E-state index in [4.69, 9.17) is 0 Å². The second-order valence-corrected chi connectivity index (χ2v) is 4.25. The van der Waals surface area contributed by atoms with E-state index >= 15 is 0 Å². The van der Waals surface area contributed by atoms with Gasteiger partial charge < -0.3 is 0 Å². The normalized spacial score (nSPS) is 15.6. The van der Waals surface area contributed by atoms with E-state index in [1.807, 2.05) is 19.9 Å².